The van der Waals surface area contributed by atoms with Gasteiger partial charge in [-0.25, -0.2) is 4.79 Å². The molecule has 1 amide bonds. The molecule has 6 nitrogen and oxygen atoms in total. The topological polar surface area (TPSA) is 82.8 Å². The van der Waals surface area contributed by atoms with E-state index in [9.17, 15) is 9.59 Å². The van der Waals surface area contributed by atoms with Crippen molar-refractivity contribution in [2.45, 2.75) is 59.7 Å². The molecule has 0 saturated heterocycles. The van der Waals surface area contributed by atoms with E-state index in [1.165, 1.54) is 0 Å². The SMILES string of the molecule is CCN(Cc1ccc(C(=O)NC(C(=O)O)C(C)C)o1)C(C)(C)C. The van der Waals surface area contributed by atoms with E-state index in [0.717, 1.165) is 6.54 Å². The van der Waals surface area contributed by atoms with Crippen LogP contribution in [0.2, 0.25) is 0 Å². The van der Waals surface area contributed by atoms with E-state index in [1.54, 1.807) is 26.0 Å². The van der Waals surface area contributed by atoms with Gasteiger partial charge in [-0.1, -0.05) is 20.8 Å². The number of nitrogens with one attached hydrogen (secondary N) is 1. The molecule has 0 bridgehead atoms. The number of aliphatic carboxylic acids is 1. The van der Waals surface area contributed by atoms with Gasteiger partial charge in [-0.3, -0.25) is 9.69 Å². The summed E-state index contributed by atoms with van der Waals surface area (Å²) in [6.07, 6.45) is 0. The number of furan rings is 1. The molecular formula is C17H28N2O4. The number of carbonyl (C=O) groups is 2. The zero-order valence-electron chi connectivity index (χ0n) is 14.8. The van der Waals surface area contributed by atoms with Crippen molar-refractivity contribution < 1.29 is 19.1 Å². The van der Waals surface area contributed by atoms with Crippen LogP contribution in [-0.2, 0) is 11.3 Å². The van der Waals surface area contributed by atoms with Crippen molar-refractivity contribution in [1.82, 2.24) is 10.2 Å². The monoisotopic (exact) mass is 324 g/mol. The van der Waals surface area contributed by atoms with Gasteiger partial charge in [0.2, 0.25) is 0 Å². The zero-order valence-corrected chi connectivity index (χ0v) is 14.8. The first-order chi connectivity index (χ1) is 10.6. The lowest BCUT2D eigenvalue weighted by Crippen LogP contribution is -2.44. The van der Waals surface area contributed by atoms with Crippen LogP contribution < -0.4 is 5.32 Å². The summed E-state index contributed by atoms with van der Waals surface area (Å²) in [7, 11) is 0. The summed E-state index contributed by atoms with van der Waals surface area (Å²) in [5, 5.41) is 11.6. The Bertz CT molecular complexity index is 543. The van der Waals surface area contributed by atoms with Crippen LogP contribution in [0, 0.1) is 5.92 Å². The summed E-state index contributed by atoms with van der Waals surface area (Å²) in [5.74, 6) is -0.941. The number of amides is 1. The van der Waals surface area contributed by atoms with Crippen LogP contribution >= 0.6 is 0 Å². The summed E-state index contributed by atoms with van der Waals surface area (Å²) in [5.41, 5.74) is -0.00396. The fourth-order valence-electron chi connectivity index (χ4n) is 2.32. The first-order valence-electron chi connectivity index (χ1n) is 7.93. The van der Waals surface area contributed by atoms with Crippen LogP contribution in [0.4, 0.5) is 0 Å². The van der Waals surface area contributed by atoms with E-state index in [-0.39, 0.29) is 17.2 Å². The van der Waals surface area contributed by atoms with Gasteiger partial charge in [0, 0.05) is 5.54 Å². The second kappa shape index (κ2) is 7.64. The van der Waals surface area contributed by atoms with Gasteiger partial charge in [0.1, 0.15) is 11.8 Å². The lowest BCUT2D eigenvalue weighted by atomic mass is 10.0. The van der Waals surface area contributed by atoms with Gasteiger partial charge in [0.25, 0.3) is 5.91 Å². The van der Waals surface area contributed by atoms with Crippen molar-refractivity contribution in [3.8, 4) is 0 Å². The summed E-state index contributed by atoms with van der Waals surface area (Å²) < 4.78 is 5.59. The molecule has 0 aliphatic heterocycles. The number of rotatable bonds is 7. The van der Waals surface area contributed by atoms with Crippen molar-refractivity contribution in [1.29, 1.82) is 0 Å². The second-order valence-corrected chi connectivity index (χ2v) is 6.98. The van der Waals surface area contributed by atoms with Gasteiger partial charge in [-0.2, -0.15) is 0 Å². The maximum atomic E-state index is 12.1. The highest BCUT2D eigenvalue weighted by molar-refractivity contribution is 5.94. The number of carbonyl (C=O) groups excluding carboxylic acids is 1. The van der Waals surface area contributed by atoms with Crippen molar-refractivity contribution in [3.05, 3.63) is 23.7 Å². The first kappa shape index (κ1) is 19.2. The number of hydrogen-bond acceptors (Lipinski definition) is 4. The third-order valence-corrected chi connectivity index (χ3v) is 3.78. The molecule has 1 rings (SSSR count). The number of nitrogens with zero attached hydrogens (tertiary/aromatic N) is 1. The van der Waals surface area contributed by atoms with E-state index in [0.29, 0.717) is 12.3 Å². The standard InChI is InChI=1S/C17H28N2O4/c1-7-19(17(4,5)6)10-12-8-9-13(23-12)15(20)18-14(11(2)3)16(21)22/h8-9,11,14H,7,10H2,1-6H3,(H,18,20)(H,21,22). The molecule has 0 aromatic carbocycles. The van der Waals surface area contributed by atoms with E-state index >= 15 is 0 Å². The average Bonchev–Trinajstić information content (AvgIpc) is 2.88. The summed E-state index contributed by atoms with van der Waals surface area (Å²) in [6.45, 7) is 13.4. The summed E-state index contributed by atoms with van der Waals surface area (Å²) in [4.78, 5) is 25.5. The Hall–Kier alpha value is -1.82. The Morgan fingerprint density at radius 2 is 1.91 bits per heavy atom. The predicted molar refractivity (Wildman–Crippen MR) is 88.3 cm³/mol. The highest BCUT2D eigenvalue weighted by Crippen LogP contribution is 2.18. The molecule has 1 atom stereocenters. The van der Waals surface area contributed by atoms with Gasteiger partial charge in [0.15, 0.2) is 5.76 Å². The van der Waals surface area contributed by atoms with Crippen molar-refractivity contribution in [3.63, 3.8) is 0 Å². The molecule has 23 heavy (non-hydrogen) atoms. The normalized spacial score (nSPS) is 13.4. The van der Waals surface area contributed by atoms with Crippen LogP contribution in [-0.4, -0.2) is 40.0 Å². The molecule has 0 radical (unpaired) electrons. The number of carboxylic acids is 1. The Balaban J connectivity index is 2.79. The van der Waals surface area contributed by atoms with Crippen LogP contribution in [0.25, 0.3) is 0 Å². The summed E-state index contributed by atoms with van der Waals surface area (Å²) >= 11 is 0. The fraction of sp³-hybridized carbons (Fsp3) is 0.647. The minimum Gasteiger partial charge on any atom is -0.480 e. The minimum atomic E-state index is -1.05. The molecule has 1 aromatic heterocycles. The number of carboxylic acid groups (broad SMARTS) is 1. The molecule has 0 fully saturated rings. The van der Waals surface area contributed by atoms with E-state index in [4.69, 9.17) is 9.52 Å². The van der Waals surface area contributed by atoms with Crippen LogP contribution in [0.3, 0.4) is 0 Å². The molecule has 0 aliphatic carbocycles. The van der Waals surface area contributed by atoms with Crippen molar-refractivity contribution >= 4 is 11.9 Å². The summed E-state index contributed by atoms with van der Waals surface area (Å²) in [6, 6.07) is 2.41. The van der Waals surface area contributed by atoms with Gasteiger partial charge in [-0.15, -0.1) is 0 Å². The lowest BCUT2D eigenvalue weighted by molar-refractivity contribution is -0.140. The average molecular weight is 324 g/mol. The Labute approximate surface area is 137 Å². The molecular weight excluding hydrogens is 296 g/mol. The second-order valence-electron chi connectivity index (χ2n) is 6.98. The zero-order chi connectivity index (χ0) is 17.8. The van der Waals surface area contributed by atoms with E-state index < -0.39 is 17.9 Å². The molecule has 1 heterocycles. The van der Waals surface area contributed by atoms with Crippen LogP contribution in [0.1, 0.15) is 57.9 Å². The fourth-order valence-corrected chi connectivity index (χ4v) is 2.32. The third-order valence-electron chi connectivity index (χ3n) is 3.78. The molecule has 2 N–H and O–H groups in total. The highest BCUT2D eigenvalue weighted by atomic mass is 16.4. The van der Waals surface area contributed by atoms with Crippen molar-refractivity contribution in [2.75, 3.05) is 6.54 Å². The van der Waals surface area contributed by atoms with Crippen LogP contribution in [0.5, 0.6) is 0 Å². The Kier molecular flexibility index (Phi) is 6.38. The van der Waals surface area contributed by atoms with E-state index in [2.05, 4.69) is 37.9 Å². The molecule has 1 aromatic rings. The van der Waals surface area contributed by atoms with Gasteiger partial charge in [0.05, 0.1) is 6.54 Å². The largest absolute Gasteiger partial charge is 0.480 e. The maximum Gasteiger partial charge on any atom is 0.326 e. The number of hydrogen-bond donors (Lipinski definition) is 2. The molecule has 0 aliphatic rings. The maximum absolute atomic E-state index is 12.1. The van der Waals surface area contributed by atoms with Crippen molar-refractivity contribution in [2.24, 2.45) is 5.92 Å². The molecule has 1 unspecified atom stereocenters. The smallest absolute Gasteiger partial charge is 0.326 e. The molecule has 0 spiro atoms. The lowest BCUT2D eigenvalue weighted by Gasteiger charge is -2.33. The quantitative estimate of drug-likeness (QED) is 0.806. The molecule has 0 saturated carbocycles. The first-order valence-corrected chi connectivity index (χ1v) is 7.93. The molecule has 130 valence electrons. The Morgan fingerprint density at radius 3 is 2.35 bits per heavy atom. The molecule has 6 heteroatoms. The third kappa shape index (κ3) is 5.39. The van der Waals surface area contributed by atoms with Gasteiger partial charge in [-0.05, 0) is 45.4 Å². The highest BCUT2D eigenvalue weighted by Gasteiger charge is 2.26. The van der Waals surface area contributed by atoms with Gasteiger partial charge < -0.3 is 14.8 Å². The predicted octanol–water partition coefficient (Wildman–Crippen LogP) is 2.74. The van der Waals surface area contributed by atoms with E-state index in [1.807, 2.05) is 0 Å². The Morgan fingerprint density at radius 1 is 1.30 bits per heavy atom. The van der Waals surface area contributed by atoms with Crippen LogP contribution in [0.15, 0.2) is 16.5 Å². The minimum absolute atomic E-state index is 0.00396. The van der Waals surface area contributed by atoms with Gasteiger partial charge >= 0.3 is 5.97 Å².